The van der Waals surface area contributed by atoms with E-state index in [0.717, 1.165) is 0 Å². The van der Waals surface area contributed by atoms with Crippen molar-refractivity contribution in [2.24, 2.45) is 0 Å². The summed E-state index contributed by atoms with van der Waals surface area (Å²) in [6.45, 7) is 0.235. The van der Waals surface area contributed by atoms with Crippen LogP contribution in [0, 0.1) is 0 Å². The molecule has 0 radical (unpaired) electrons. The fourth-order valence-corrected chi connectivity index (χ4v) is 2.14. The van der Waals surface area contributed by atoms with E-state index in [1.165, 1.54) is 0 Å². The molecule has 5 nitrogen and oxygen atoms in total. The van der Waals surface area contributed by atoms with Gasteiger partial charge in [0.25, 0.3) is 0 Å². The standard InChI is InChI=1S/C4H7NO4S/c6-4(7)3-1-2-5-10(3,8)9/h3,5H,1-2H2,(H,6,7). The Morgan fingerprint density at radius 1 is 1.60 bits per heavy atom. The van der Waals surface area contributed by atoms with Gasteiger partial charge in [0.05, 0.1) is 0 Å². The summed E-state index contributed by atoms with van der Waals surface area (Å²) in [6, 6.07) is 0. The van der Waals surface area contributed by atoms with Crippen molar-refractivity contribution in [3.8, 4) is 0 Å². The predicted octanol–water partition coefficient (Wildman–Crippen LogP) is -1.24. The summed E-state index contributed by atoms with van der Waals surface area (Å²) in [5.41, 5.74) is 0. The number of carboxylic acid groups (broad SMARTS) is 1. The number of carboxylic acids is 1. The van der Waals surface area contributed by atoms with Crippen LogP contribution in [0.4, 0.5) is 0 Å². The average molecular weight is 165 g/mol. The van der Waals surface area contributed by atoms with Crippen molar-refractivity contribution in [2.75, 3.05) is 6.54 Å². The van der Waals surface area contributed by atoms with E-state index in [1.54, 1.807) is 0 Å². The Balaban J connectivity index is 2.90. The first-order valence-corrected chi connectivity index (χ1v) is 4.30. The van der Waals surface area contributed by atoms with Crippen molar-refractivity contribution in [3.63, 3.8) is 0 Å². The van der Waals surface area contributed by atoms with Crippen LogP contribution in [0.3, 0.4) is 0 Å². The lowest BCUT2D eigenvalue weighted by Gasteiger charge is -1.99. The monoisotopic (exact) mass is 165 g/mol. The maximum absolute atomic E-state index is 10.7. The topological polar surface area (TPSA) is 83.5 Å². The van der Waals surface area contributed by atoms with Crippen LogP contribution < -0.4 is 4.72 Å². The van der Waals surface area contributed by atoms with Crippen LogP contribution in [-0.2, 0) is 14.8 Å². The van der Waals surface area contributed by atoms with Crippen LogP contribution in [0.1, 0.15) is 6.42 Å². The van der Waals surface area contributed by atoms with E-state index in [0.29, 0.717) is 0 Å². The van der Waals surface area contributed by atoms with Gasteiger partial charge in [0.1, 0.15) is 0 Å². The van der Waals surface area contributed by atoms with E-state index in [4.69, 9.17) is 5.11 Å². The molecular weight excluding hydrogens is 158 g/mol. The largest absolute Gasteiger partial charge is 0.480 e. The van der Waals surface area contributed by atoms with Gasteiger partial charge < -0.3 is 5.11 Å². The highest BCUT2D eigenvalue weighted by Crippen LogP contribution is 2.10. The van der Waals surface area contributed by atoms with Gasteiger partial charge in [0, 0.05) is 6.54 Å². The van der Waals surface area contributed by atoms with Gasteiger partial charge >= 0.3 is 5.97 Å². The van der Waals surface area contributed by atoms with Gasteiger partial charge in [-0.15, -0.1) is 0 Å². The third-order valence-corrected chi connectivity index (χ3v) is 3.15. The van der Waals surface area contributed by atoms with Crippen LogP contribution >= 0.6 is 0 Å². The normalized spacial score (nSPS) is 30.2. The molecule has 6 heteroatoms. The van der Waals surface area contributed by atoms with Gasteiger partial charge in [-0.25, -0.2) is 13.1 Å². The zero-order chi connectivity index (χ0) is 7.78. The maximum atomic E-state index is 10.7. The highest BCUT2D eigenvalue weighted by Gasteiger charge is 2.36. The quantitative estimate of drug-likeness (QED) is 0.509. The van der Waals surface area contributed by atoms with Crippen molar-refractivity contribution < 1.29 is 18.3 Å². The molecule has 10 heavy (non-hydrogen) atoms. The van der Waals surface area contributed by atoms with Crippen molar-refractivity contribution in [2.45, 2.75) is 11.7 Å². The first-order chi connectivity index (χ1) is 4.54. The van der Waals surface area contributed by atoms with Crippen molar-refractivity contribution in [3.05, 3.63) is 0 Å². The van der Waals surface area contributed by atoms with Gasteiger partial charge in [0.15, 0.2) is 5.25 Å². The van der Waals surface area contributed by atoms with Gasteiger partial charge in [-0.3, -0.25) is 4.79 Å². The summed E-state index contributed by atoms with van der Waals surface area (Å²) in [5, 5.41) is 7.09. The number of aliphatic carboxylic acids is 1. The Hall–Kier alpha value is -0.620. The Kier molecular flexibility index (Phi) is 1.65. The number of carbonyl (C=O) groups is 1. The highest BCUT2D eigenvalue weighted by atomic mass is 32.2. The SMILES string of the molecule is O=C(O)C1CCNS1(=O)=O. The fourth-order valence-electron chi connectivity index (χ4n) is 0.844. The van der Waals surface area contributed by atoms with Crippen LogP contribution in [0.2, 0.25) is 0 Å². The van der Waals surface area contributed by atoms with Crippen molar-refractivity contribution in [1.82, 2.24) is 4.72 Å². The summed E-state index contributed by atoms with van der Waals surface area (Å²) < 4.78 is 23.5. The molecule has 58 valence electrons. The second-order valence-electron chi connectivity index (χ2n) is 2.05. The lowest BCUT2D eigenvalue weighted by Crippen LogP contribution is -2.29. The molecule has 1 atom stereocenters. The molecule has 0 aromatic rings. The van der Waals surface area contributed by atoms with Gasteiger partial charge in [-0.2, -0.15) is 0 Å². The first-order valence-electron chi connectivity index (χ1n) is 2.75. The molecular formula is C4H7NO4S. The molecule has 0 amide bonds. The number of sulfonamides is 1. The molecule has 1 rings (SSSR count). The Morgan fingerprint density at radius 3 is 2.40 bits per heavy atom. The van der Waals surface area contributed by atoms with Crippen LogP contribution in [0.5, 0.6) is 0 Å². The minimum atomic E-state index is -3.54. The minimum absolute atomic E-state index is 0.164. The van der Waals surface area contributed by atoms with Gasteiger partial charge in [0.2, 0.25) is 10.0 Å². The zero-order valence-corrected chi connectivity index (χ0v) is 5.89. The first kappa shape index (κ1) is 7.49. The Morgan fingerprint density at radius 2 is 2.20 bits per heavy atom. The second-order valence-corrected chi connectivity index (χ2v) is 4.00. The minimum Gasteiger partial charge on any atom is -0.480 e. The fraction of sp³-hybridized carbons (Fsp3) is 0.750. The number of nitrogens with one attached hydrogen (secondary N) is 1. The molecule has 0 aromatic heterocycles. The molecule has 0 spiro atoms. The average Bonchev–Trinajstić information content (AvgIpc) is 2.08. The van der Waals surface area contributed by atoms with E-state index in [1.807, 2.05) is 0 Å². The van der Waals surface area contributed by atoms with Crippen LogP contribution in [-0.4, -0.2) is 31.3 Å². The number of rotatable bonds is 1. The smallest absolute Gasteiger partial charge is 0.323 e. The summed E-state index contributed by atoms with van der Waals surface area (Å²) in [4.78, 5) is 10.2. The Labute approximate surface area is 58.1 Å². The Bertz CT molecular complexity index is 244. The van der Waals surface area contributed by atoms with Crippen molar-refractivity contribution in [1.29, 1.82) is 0 Å². The molecule has 0 aliphatic carbocycles. The molecule has 1 aliphatic heterocycles. The molecule has 0 saturated carbocycles. The molecule has 1 aliphatic rings. The van der Waals surface area contributed by atoms with Gasteiger partial charge in [-0.05, 0) is 6.42 Å². The summed E-state index contributed by atoms with van der Waals surface area (Å²) in [6.07, 6.45) is 0.164. The second kappa shape index (κ2) is 2.21. The number of hydrogen-bond acceptors (Lipinski definition) is 3. The van der Waals surface area contributed by atoms with E-state index in [-0.39, 0.29) is 13.0 Å². The lowest BCUT2D eigenvalue weighted by atomic mass is 10.3. The van der Waals surface area contributed by atoms with Crippen molar-refractivity contribution >= 4 is 16.0 Å². The lowest BCUT2D eigenvalue weighted by molar-refractivity contribution is -0.136. The molecule has 0 bridgehead atoms. The van der Waals surface area contributed by atoms with Crippen LogP contribution in [0.25, 0.3) is 0 Å². The molecule has 1 saturated heterocycles. The molecule has 2 N–H and O–H groups in total. The molecule has 0 aromatic carbocycles. The maximum Gasteiger partial charge on any atom is 0.323 e. The third-order valence-electron chi connectivity index (χ3n) is 1.36. The summed E-state index contributed by atoms with van der Waals surface area (Å²) in [7, 11) is -3.54. The third kappa shape index (κ3) is 1.12. The van der Waals surface area contributed by atoms with E-state index in [2.05, 4.69) is 4.72 Å². The number of hydrogen-bond donors (Lipinski definition) is 2. The predicted molar refractivity (Wildman–Crippen MR) is 33.0 cm³/mol. The van der Waals surface area contributed by atoms with E-state index < -0.39 is 21.2 Å². The molecule has 1 heterocycles. The molecule has 1 fully saturated rings. The molecule has 1 unspecified atom stereocenters. The zero-order valence-electron chi connectivity index (χ0n) is 5.07. The van der Waals surface area contributed by atoms with Crippen LogP contribution in [0.15, 0.2) is 0 Å². The summed E-state index contributed by atoms with van der Waals surface area (Å²) in [5.74, 6) is -1.27. The van der Waals surface area contributed by atoms with Gasteiger partial charge in [-0.1, -0.05) is 0 Å². The van der Waals surface area contributed by atoms with E-state index in [9.17, 15) is 13.2 Å². The van der Waals surface area contributed by atoms with E-state index >= 15 is 0 Å². The highest BCUT2D eigenvalue weighted by molar-refractivity contribution is 7.91. The summed E-state index contributed by atoms with van der Waals surface area (Å²) >= 11 is 0.